The lowest BCUT2D eigenvalue weighted by atomic mass is 10.2. The number of hydrogen-bond acceptors (Lipinski definition) is 3. The first-order valence-corrected chi connectivity index (χ1v) is 8.12. The third-order valence-corrected chi connectivity index (χ3v) is 5.82. The summed E-state index contributed by atoms with van der Waals surface area (Å²) in [4.78, 5) is 0.377. The van der Waals surface area contributed by atoms with Crippen molar-refractivity contribution in [3.63, 3.8) is 0 Å². The minimum absolute atomic E-state index is 0.0852. The van der Waals surface area contributed by atoms with Gasteiger partial charge < -0.3 is 5.32 Å². The largest absolute Gasteiger partial charge is 0.316 e. The van der Waals surface area contributed by atoms with Gasteiger partial charge in [-0.15, -0.1) is 0 Å². The quantitative estimate of drug-likeness (QED) is 0.866. The molecule has 0 amide bonds. The highest BCUT2D eigenvalue weighted by Crippen LogP contribution is 2.36. The maximum Gasteiger partial charge on any atom is 0.243 e. The summed E-state index contributed by atoms with van der Waals surface area (Å²) in [5, 5.41) is 3.05. The van der Waals surface area contributed by atoms with Gasteiger partial charge in [0.2, 0.25) is 10.0 Å². The number of benzene rings is 1. The molecule has 1 unspecified atom stereocenters. The number of sulfonamides is 1. The van der Waals surface area contributed by atoms with Crippen molar-refractivity contribution in [3.05, 3.63) is 29.8 Å². The summed E-state index contributed by atoms with van der Waals surface area (Å²) in [6, 6.07) is 7.19. The molecule has 0 radical (unpaired) electrons. The van der Waals surface area contributed by atoms with E-state index < -0.39 is 10.0 Å². The van der Waals surface area contributed by atoms with Crippen molar-refractivity contribution >= 4 is 10.0 Å². The van der Waals surface area contributed by atoms with Crippen molar-refractivity contribution < 1.29 is 8.42 Å². The van der Waals surface area contributed by atoms with Crippen molar-refractivity contribution in [2.75, 3.05) is 14.1 Å². The van der Waals surface area contributed by atoms with E-state index in [4.69, 9.17) is 0 Å². The van der Waals surface area contributed by atoms with Crippen molar-refractivity contribution in [3.8, 4) is 0 Å². The van der Waals surface area contributed by atoms with Crippen LogP contribution in [0.1, 0.15) is 25.3 Å². The van der Waals surface area contributed by atoms with Crippen molar-refractivity contribution in [2.45, 2.75) is 37.2 Å². The molecule has 1 aromatic rings. The molecule has 106 valence electrons. The first-order valence-electron chi connectivity index (χ1n) is 6.68. The maximum absolute atomic E-state index is 12.5. The van der Waals surface area contributed by atoms with Crippen LogP contribution < -0.4 is 5.32 Å². The van der Waals surface area contributed by atoms with Crippen LogP contribution in [-0.4, -0.2) is 32.9 Å². The molecule has 1 atom stereocenters. The molecular weight excluding hydrogens is 260 g/mol. The average molecular weight is 282 g/mol. The Kier molecular flexibility index (Phi) is 4.28. The molecule has 4 nitrogen and oxygen atoms in total. The van der Waals surface area contributed by atoms with Crippen molar-refractivity contribution in [2.24, 2.45) is 5.92 Å². The Balaban J connectivity index is 2.18. The van der Waals surface area contributed by atoms with E-state index in [1.165, 1.54) is 4.31 Å². The molecule has 2 rings (SSSR count). The Hall–Kier alpha value is -0.910. The van der Waals surface area contributed by atoms with Crippen LogP contribution in [-0.2, 0) is 16.6 Å². The highest BCUT2D eigenvalue weighted by atomic mass is 32.2. The summed E-state index contributed by atoms with van der Waals surface area (Å²) in [5.74, 6) is 0.531. The van der Waals surface area contributed by atoms with Gasteiger partial charge in [-0.25, -0.2) is 8.42 Å². The Morgan fingerprint density at radius 2 is 1.89 bits per heavy atom. The molecule has 1 aliphatic carbocycles. The van der Waals surface area contributed by atoms with E-state index in [9.17, 15) is 8.42 Å². The Morgan fingerprint density at radius 1 is 1.32 bits per heavy atom. The lowest BCUT2D eigenvalue weighted by Gasteiger charge is -2.24. The van der Waals surface area contributed by atoms with Crippen LogP contribution >= 0.6 is 0 Å². The van der Waals surface area contributed by atoms with E-state index >= 15 is 0 Å². The Bertz CT molecular complexity index is 521. The van der Waals surface area contributed by atoms with Crippen LogP contribution in [0.3, 0.4) is 0 Å². The van der Waals surface area contributed by atoms with Crippen LogP contribution in [0.5, 0.6) is 0 Å². The number of rotatable bonds is 6. The lowest BCUT2D eigenvalue weighted by Crippen LogP contribution is -2.36. The van der Waals surface area contributed by atoms with Gasteiger partial charge in [0.15, 0.2) is 0 Å². The summed E-state index contributed by atoms with van der Waals surface area (Å²) >= 11 is 0. The first kappa shape index (κ1) is 14.5. The molecule has 1 saturated carbocycles. The highest BCUT2D eigenvalue weighted by Gasteiger charge is 2.35. The molecule has 0 aromatic heterocycles. The Morgan fingerprint density at radius 3 is 2.37 bits per heavy atom. The monoisotopic (exact) mass is 282 g/mol. The predicted molar refractivity (Wildman–Crippen MR) is 76.3 cm³/mol. The molecule has 0 bridgehead atoms. The zero-order chi connectivity index (χ0) is 14.0. The molecule has 0 heterocycles. The van der Waals surface area contributed by atoms with Gasteiger partial charge in [0, 0.05) is 19.6 Å². The molecule has 0 aliphatic heterocycles. The van der Waals surface area contributed by atoms with Gasteiger partial charge in [0.05, 0.1) is 4.90 Å². The second-order valence-electron chi connectivity index (χ2n) is 5.27. The fourth-order valence-electron chi connectivity index (χ4n) is 2.24. The van der Waals surface area contributed by atoms with E-state index in [1.54, 1.807) is 19.2 Å². The molecule has 1 N–H and O–H groups in total. The number of nitrogens with zero attached hydrogens (tertiary/aromatic N) is 1. The molecule has 0 spiro atoms. The molecule has 5 heteroatoms. The standard InChI is InChI=1S/C14H22N2O2S/c1-11(13-6-7-13)16(3)19(17,18)14-8-4-12(5-9-14)10-15-2/h4-5,8-9,11,13,15H,6-7,10H2,1-3H3. The van der Waals surface area contributed by atoms with Crippen LogP contribution in [0, 0.1) is 5.92 Å². The van der Waals surface area contributed by atoms with E-state index in [0.29, 0.717) is 10.8 Å². The summed E-state index contributed by atoms with van der Waals surface area (Å²) in [6.45, 7) is 2.74. The van der Waals surface area contributed by atoms with Crippen molar-refractivity contribution in [1.82, 2.24) is 9.62 Å². The summed E-state index contributed by atoms with van der Waals surface area (Å²) in [5.41, 5.74) is 1.08. The van der Waals surface area contributed by atoms with Crippen LogP contribution in [0.15, 0.2) is 29.2 Å². The van der Waals surface area contributed by atoms with Crippen LogP contribution in [0.25, 0.3) is 0 Å². The number of nitrogens with one attached hydrogen (secondary N) is 1. The fourth-order valence-corrected chi connectivity index (χ4v) is 3.67. The minimum atomic E-state index is -3.36. The molecule has 1 aromatic carbocycles. The highest BCUT2D eigenvalue weighted by molar-refractivity contribution is 7.89. The van der Waals surface area contributed by atoms with Gasteiger partial charge in [-0.3, -0.25) is 0 Å². The maximum atomic E-state index is 12.5. The van der Waals surface area contributed by atoms with E-state index in [2.05, 4.69) is 5.32 Å². The second-order valence-corrected chi connectivity index (χ2v) is 7.27. The minimum Gasteiger partial charge on any atom is -0.316 e. The van der Waals surface area contributed by atoms with Crippen molar-refractivity contribution in [1.29, 1.82) is 0 Å². The summed E-state index contributed by atoms with van der Waals surface area (Å²) in [7, 11) is 0.189. The fraction of sp³-hybridized carbons (Fsp3) is 0.571. The van der Waals surface area contributed by atoms with Crippen LogP contribution in [0.2, 0.25) is 0 Å². The summed E-state index contributed by atoms with van der Waals surface area (Å²) in [6.07, 6.45) is 2.28. The van der Waals surface area contributed by atoms with Gasteiger partial charge in [0.25, 0.3) is 0 Å². The third kappa shape index (κ3) is 3.16. The lowest BCUT2D eigenvalue weighted by molar-refractivity contribution is 0.357. The zero-order valence-corrected chi connectivity index (χ0v) is 12.6. The second kappa shape index (κ2) is 5.61. The third-order valence-electron chi connectivity index (χ3n) is 3.86. The number of hydrogen-bond donors (Lipinski definition) is 1. The smallest absolute Gasteiger partial charge is 0.243 e. The average Bonchev–Trinajstić information content (AvgIpc) is 3.22. The normalized spacial score (nSPS) is 17.7. The predicted octanol–water partition coefficient (Wildman–Crippen LogP) is 1.82. The first-order chi connectivity index (χ1) is 8.96. The van der Waals surface area contributed by atoms with E-state index in [0.717, 1.165) is 24.9 Å². The Labute approximate surface area is 115 Å². The molecular formula is C14H22N2O2S. The van der Waals surface area contributed by atoms with E-state index in [-0.39, 0.29) is 6.04 Å². The van der Waals surface area contributed by atoms with E-state index in [1.807, 2.05) is 26.1 Å². The van der Waals surface area contributed by atoms with Gasteiger partial charge in [-0.2, -0.15) is 4.31 Å². The summed E-state index contributed by atoms with van der Waals surface area (Å²) < 4.78 is 26.5. The van der Waals surface area contributed by atoms with Gasteiger partial charge in [-0.05, 0) is 50.4 Å². The molecule has 0 saturated heterocycles. The molecule has 1 aliphatic rings. The van der Waals surface area contributed by atoms with Gasteiger partial charge in [0.1, 0.15) is 0 Å². The van der Waals surface area contributed by atoms with Crippen LogP contribution in [0.4, 0.5) is 0 Å². The zero-order valence-electron chi connectivity index (χ0n) is 11.8. The molecule has 19 heavy (non-hydrogen) atoms. The van der Waals surface area contributed by atoms with Gasteiger partial charge >= 0.3 is 0 Å². The SMILES string of the molecule is CNCc1ccc(S(=O)(=O)N(C)C(C)C2CC2)cc1. The molecule has 1 fully saturated rings. The topological polar surface area (TPSA) is 49.4 Å². The van der Waals surface area contributed by atoms with Gasteiger partial charge in [-0.1, -0.05) is 12.1 Å².